The summed E-state index contributed by atoms with van der Waals surface area (Å²) in [6.07, 6.45) is -1.01. The van der Waals surface area contributed by atoms with Crippen LogP contribution in [0.15, 0.2) is 35.6 Å². The molecular weight excluding hydrogens is 395 g/mol. The van der Waals surface area contributed by atoms with Gasteiger partial charge in [-0.2, -0.15) is 13.2 Å². The molecule has 2 rings (SSSR count). The summed E-state index contributed by atoms with van der Waals surface area (Å²) >= 11 is 5.75. The zero-order valence-electron chi connectivity index (χ0n) is 15.2. The number of aromatic nitrogens is 3. The van der Waals surface area contributed by atoms with Crippen LogP contribution < -0.4 is 16.0 Å². The molecule has 0 aliphatic rings. The Morgan fingerprint density at radius 3 is 2.64 bits per heavy atom. The minimum atomic E-state index is -4.50. The Kier molecular flexibility index (Phi) is 8.24. The van der Waals surface area contributed by atoms with Crippen molar-refractivity contribution in [2.24, 2.45) is 4.99 Å². The number of nitrogens with one attached hydrogen (secondary N) is 3. The van der Waals surface area contributed by atoms with E-state index in [4.69, 9.17) is 11.6 Å². The van der Waals surface area contributed by atoms with Gasteiger partial charge in [-0.3, -0.25) is 4.99 Å². The van der Waals surface area contributed by atoms with Gasteiger partial charge in [0.05, 0.1) is 0 Å². The smallest absolute Gasteiger partial charge is 0.357 e. The van der Waals surface area contributed by atoms with E-state index in [9.17, 15) is 13.2 Å². The summed E-state index contributed by atoms with van der Waals surface area (Å²) in [7, 11) is 0. The lowest BCUT2D eigenvalue weighted by Gasteiger charge is -2.12. The first-order valence-electron chi connectivity index (χ1n) is 8.65. The van der Waals surface area contributed by atoms with Crippen molar-refractivity contribution in [3.8, 4) is 0 Å². The molecule has 3 N–H and O–H groups in total. The van der Waals surface area contributed by atoms with Gasteiger partial charge in [0, 0.05) is 38.6 Å². The maximum Gasteiger partial charge on any atom is 0.433 e. The number of nitrogens with zero attached hydrogens (tertiary/aromatic N) is 4. The standard InChI is InChI=1S/C17H21ClF3N7/c1-2-22-15(23-7-5-12-3-4-14(18)27-11-12)25-9-10-26-16-24-8-6-13(28-16)17(19,20)21/h3-4,6,8,11H,2,5,7,9-10H2,1H3,(H2,22,23,25)(H,24,26,28). The fourth-order valence-electron chi connectivity index (χ4n) is 2.15. The summed E-state index contributed by atoms with van der Waals surface area (Å²) in [5.74, 6) is 0.532. The molecule has 0 unspecified atom stereocenters. The van der Waals surface area contributed by atoms with Crippen LogP contribution in [0, 0.1) is 0 Å². The van der Waals surface area contributed by atoms with Gasteiger partial charge in [-0.25, -0.2) is 15.0 Å². The average molecular weight is 416 g/mol. The van der Waals surface area contributed by atoms with Crippen LogP contribution in [0.3, 0.4) is 0 Å². The maximum atomic E-state index is 12.6. The molecule has 7 nitrogen and oxygen atoms in total. The lowest BCUT2D eigenvalue weighted by atomic mass is 10.2. The summed E-state index contributed by atoms with van der Waals surface area (Å²) in [4.78, 5) is 15.7. The fourth-order valence-corrected chi connectivity index (χ4v) is 2.26. The number of halogens is 4. The fraction of sp³-hybridized carbons (Fsp3) is 0.412. The Hall–Kier alpha value is -2.62. The number of hydrogen-bond donors (Lipinski definition) is 3. The van der Waals surface area contributed by atoms with Gasteiger partial charge < -0.3 is 16.0 Å². The molecule has 0 aromatic carbocycles. The maximum absolute atomic E-state index is 12.6. The predicted molar refractivity (Wildman–Crippen MR) is 102 cm³/mol. The second-order valence-electron chi connectivity index (χ2n) is 5.62. The van der Waals surface area contributed by atoms with Crippen LogP contribution in [-0.4, -0.2) is 47.1 Å². The molecule has 28 heavy (non-hydrogen) atoms. The van der Waals surface area contributed by atoms with E-state index in [2.05, 4.69) is 35.9 Å². The molecule has 0 spiro atoms. The van der Waals surface area contributed by atoms with Crippen molar-refractivity contribution in [3.63, 3.8) is 0 Å². The van der Waals surface area contributed by atoms with Crippen LogP contribution in [0.1, 0.15) is 18.2 Å². The largest absolute Gasteiger partial charge is 0.433 e. The van der Waals surface area contributed by atoms with Gasteiger partial charge in [0.15, 0.2) is 5.96 Å². The van der Waals surface area contributed by atoms with Crippen molar-refractivity contribution in [2.75, 3.05) is 31.5 Å². The lowest BCUT2D eigenvalue weighted by molar-refractivity contribution is -0.141. The molecule has 0 radical (unpaired) electrons. The molecule has 2 aromatic rings. The molecule has 0 bridgehead atoms. The van der Waals surface area contributed by atoms with E-state index in [0.717, 1.165) is 17.8 Å². The van der Waals surface area contributed by atoms with Gasteiger partial charge in [0.2, 0.25) is 5.95 Å². The summed E-state index contributed by atoms with van der Waals surface area (Å²) in [5.41, 5.74) is 0.0388. The summed E-state index contributed by atoms with van der Waals surface area (Å²) < 4.78 is 37.9. The number of rotatable bonds is 8. The van der Waals surface area contributed by atoms with Crippen LogP contribution in [0.2, 0.25) is 5.15 Å². The Balaban J connectivity index is 1.78. The summed E-state index contributed by atoms with van der Waals surface area (Å²) in [6, 6.07) is 4.45. The summed E-state index contributed by atoms with van der Waals surface area (Å²) in [5, 5.41) is 9.39. The van der Waals surface area contributed by atoms with Crippen LogP contribution in [0.25, 0.3) is 0 Å². The minimum Gasteiger partial charge on any atom is -0.357 e. The third-order valence-corrected chi connectivity index (χ3v) is 3.67. The van der Waals surface area contributed by atoms with E-state index < -0.39 is 11.9 Å². The van der Waals surface area contributed by atoms with E-state index in [0.29, 0.717) is 43.7 Å². The van der Waals surface area contributed by atoms with Crippen molar-refractivity contribution >= 4 is 23.5 Å². The SMILES string of the molecule is CCNC(=NCCc1ccc(Cl)nc1)NCCNc1nccc(C(F)(F)F)n1. The molecule has 0 amide bonds. The van der Waals surface area contributed by atoms with E-state index in [1.165, 1.54) is 0 Å². The average Bonchev–Trinajstić information content (AvgIpc) is 2.66. The van der Waals surface area contributed by atoms with Crippen molar-refractivity contribution in [3.05, 3.63) is 47.0 Å². The molecule has 11 heteroatoms. The minimum absolute atomic E-state index is 0.0752. The Bertz CT molecular complexity index is 766. The molecule has 0 atom stereocenters. The molecular formula is C17H21ClF3N7. The second kappa shape index (κ2) is 10.6. The van der Waals surface area contributed by atoms with E-state index in [1.54, 1.807) is 12.3 Å². The zero-order valence-corrected chi connectivity index (χ0v) is 16.0. The number of guanidine groups is 1. The number of aliphatic imine (C=N–C) groups is 1. The van der Waals surface area contributed by atoms with Gasteiger partial charge >= 0.3 is 6.18 Å². The molecule has 2 aromatic heterocycles. The van der Waals surface area contributed by atoms with Crippen LogP contribution in [-0.2, 0) is 12.6 Å². The van der Waals surface area contributed by atoms with Gasteiger partial charge in [-0.15, -0.1) is 0 Å². The molecule has 2 heterocycles. The topological polar surface area (TPSA) is 87.1 Å². The third kappa shape index (κ3) is 7.55. The number of hydrogen-bond acceptors (Lipinski definition) is 5. The first-order valence-corrected chi connectivity index (χ1v) is 9.03. The highest BCUT2D eigenvalue weighted by Gasteiger charge is 2.32. The molecule has 0 aliphatic heterocycles. The molecule has 0 aliphatic carbocycles. The number of alkyl halides is 3. The first-order chi connectivity index (χ1) is 13.4. The van der Waals surface area contributed by atoms with E-state index >= 15 is 0 Å². The van der Waals surface area contributed by atoms with Gasteiger partial charge in [0.1, 0.15) is 10.8 Å². The van der Waals surface area contributed by atoms with Crippen LogP contribution in [0.5, 0.6) is 0 Å². The quantitative estimate of drug-likeness (QED) is 0.266. The normalized spacial score (nSPS) is 12.0. The van der Waals surface area contributed by atoms with Crippen molar-refractivity contribution < 1.29 is 13.2 Å². The zero-order chi connectivity index (χ0) is 20.4. The van der Waals surface area contributed by atoms with E-state index in [-0.39, 0.29) is 5.95 Å². The van der Waals surface area contributed by atoms with Crippen molar-refractivity contribution in [1.82, 2.24) is 25.6 Å². The number of pyridine rings is 1. The summed E-state index contributed by atoms with van der Waals surface area (Å²) in [6.45, 7) is 3.91. The second-order valence-corrected chi connectivity index (χ2v) is 6.00. The highest BCUT2D eigenvalue weighted by atomic mass is 35.5. The molecule has 0 saturated carbocycles. The van der Waals surface area contributed by atoms with Crippen LogP contribution >= 0.6 is 11.6 Å². The lowest BCUT2D eigenvalue weighted by Crippen LogP contribution is -2.39. The highest BCUT2D eigenvalue weighted by molar-refractivity contribution is 6.29. The predicted octanol–water partition coefficient (Wildman–Crippen LogP) is 2.75. The third-order valence-electron chi connectivity index (χ3n) is 3.45. The van der Waals surface area contributed by atoms with Gasteiger partial charge in [0.25, 0.3) is 0 Å². The van der Waals surface area contributed by atoms with Crippen molar-refractivity contribution in [1.29, 1.82) is 0 Å². The monoisotopic (exact) mass is 415 g/mol. The van der Waals surface area contributed by atoms with E-state index in [1.807, 2.05) is 13.0 Å². The van der Waals surface area contributed by atoms with Crippen LogP contribution in [0.4, 0.5) is 19.1 Å². The highest BCUT2D eigenvalue weighted by Crippen LogP contribution is 2.27. The van der Waals surface area contributed by atoms with Crippen molar-refractivity contribution in [2.45, 2.75) is 19.5 Å². The molecule has 0 fully saturated rings. The van der Waals surface area contributed by atoms with Gasteiger partial charge in [-0.05, 0) is 31.0 Å². The molecule has 0 saturated heterocycles. The number of anilines is 1. The first kappa shape index (κ1) is 21.7. The van der Waals surface area contributed by atoms with Gasteiger partial charge in [-0.1, -0.05) is 17.7 Å². The Labute approximate surface area is 165 Å². The Morgan fingerprint density at radius 1 is 1.14 bits per heavy atom. The molecule has 152 valence electrons. The Morgan fingerprint density at radius 2 is 1.96 bits per heavy atom.